The lowest BCUT2D eigenvalue weighted by Crippen LogP contribution is -1.79. The lowest BCUT2D eigenvalue weighted by atomic mass is 10.2. The first-order valence-corrected chi connectivity index (χ1v) is 3.62. The normalized spacial score (nSPS) is 10.4. The molecule has 0 atom stereocenters. The molecule has 3 nitrogen and oxygen atoms in total. The van der Waals surface area contributed by atoms with Crippen LogP contribution in [0.1, 0.15) is 0 Å². The van der Waals surface area contributed by atoms with Crippen molar-refractivity contribution in [2.24, 2.45) is 0 Å². The number of anilines is 1. The van der Waals surface area contributed by atoms with Crippen LogP contribution in [0.2, 0.25) is 0 Å². The maximum atomic E-state index is 5.47. The highest BCUT2D eigenvalue weighted by molar-refractivity contribution is 5.81. The molecule has 0 radical (unpaired) electrons. The molecule has 3 heteroatoms. The van der Waals surface area contributed by atoms with Crippen LogP contribution in [-0.2, 0) is 0 Å². The van der Waals surface area contributed by atoms with E-state index in [2.05, 4.69) is 0 Å². The van der Waals surface area contributed by atoms with Gasteiger partial charge in [-0.05, 0) is 18.2 Å². The summed E-state index contributed by atoms with van der Waals surface area (Å²) in [5.74, 6) is 1.24. The molecule has 0 saturated carbocycles. The number of benzene rings is 1. The van der Waals surface area contributed by atoms with Gasteiger partial charge in [0.25, 0.3) is 0 Å². The average Bonchev–Trinajstić information content (AvgIpc) is 2.43. The summed E-state index contributed by atoms with van der Waals surface area (Å²) < 4.78 is 10.2. The predicted molar refractivity (Wildman–Crippen MR) is 47.2 cm³/mol. The molecule has 62 valence electrons. The van der Waals surface area contributed by atoms with E-state index in [0.29, 0.717) is 5.88 Å². The molecule has 0 aliphatic carbocycles. The van der Waals surface area contributed by atoms with Gasteiger partial charge in [-0.25, -0.2) is 0 Å². The fourth-order valence-corrected chi connectivity index (χ4v) is 1.17. The number of nitrogens with two attached hydrogens (primary N) is 1. The van der Waals surface area contributed by atoms with Gasteiger partial charge in [0.2, 0.25) is 0 Å². The lowest BCUT2D eigenvalue weighted by Gasteiger charge is -1.96. The Labute approximate surface area is 69.7 Å². The Hall–Kier alpha value is -1.64. The molecule has 1 heterocycles. The van der Waals surface area contributed by atoms with Gasteiger partial charge in [0.1, 0.15) is 11.3 Å². The van der Waals surface area contributed by atoms with Crippen LogP contribution in [0.4, 0.5) is 5.88 Å². The minimum absolute atomic E-state index is 0.429. The van der Waals surface area contributed by atoms with Crippen molar-refractivity contribution in [1.29, 1.82) is 0 Å². The maximum Gasteiger partial charge on any atom is 0.191 e. The van der Waals surface area contributed by atoms with Gasteiger partial charge in [0, 0.05) is 11.5 Å². The SMILES string of the molecule is COc1ccc2oc(N)cc2c1. The molecule has 0 amide bonds. The zero-order valence-corrected chi connectivity index (χ0v) is 6.70. The van der Waals surface area contributed by atoms with Crippen molar-refractivity contribution in [3.63, 3.8) is 0 Å². The van der Waals surface area contributed by atoms with Crippen LogP contribution in [0, 0.1) is 0 Å². The lowest BCUT2D eigenvalue weighted by molar-refractivity contribution is 0.415. The molecule has 12 heavy (non-hydrogen) atoms. The molecule has 0 saturated heterocycles. The molecular formula is C9H9NO2. The summed E-state index contributed by atoms with van der Waals surface area (Å²) in [6.45, 7) is 0. The van der Waals surface area contributed by atoms with Crippen LogP contribution in [-0.4, -0.2) is 7.11 Å². The van der Waals surface area contributed by atoms with Gasteiger partial charge < -0.3 is 14.9 Å². The first kappa shape index (κ1) is 7.03. The zero-order chi connectivity index (χ0) is 8.55. The van der Waals surface area contributed by atoms with Crippen LogP contribution in [0.5, 0.6) is 5.75 Å². The number of fused-ring (bicyclic) bond motifs is 1. The molecule has 2 rings (SSSR count). The van der Waals surface area contributed by atoms with E-state index in [-0.39, 0.29) is 0 Å². The highest BCUT2D eigenvalue weighted by Crippen LogP contribution is 2.24. The highest BCUT2D eigenvalue weighted by Gasteiger charge is 2.00. The number of nitrogen functional groups attached to an aromatic ring is 1. The largest absolute Gasteiger partial charge is 0.497 e. The third kappa shape index (κ3) is 0.993. The number of hydrogen-bond donors (Lipinski definition) is 1. The van der Waals surface area contributed by atoms with E-state index < -0.39 is 0 Å². The monoisotopic (exact) mass is 163 g/mol. The van der Waals surface area contributed by atoms with Crippen LogP contribution in [0.3, 0.4) is 0 Å². The Balaban J connectivity index is 2.66. The number of rotatable bonds is 1. The van der Waals surface area contributed by atoms with Gasteiger partial charge in [-0.3, -0.25) is 0 Å². The van der Waals surface area contributed by atoms with Crippen molar-refractivity contribution < 1.29 is 9.15 Å². The Morgan fingerprint density at radius 2 is 2.17 bits per heavy atom. The Morgan fingerprint density at radius 1 is 1.33 bits per heavy atom. The first-order chi connectivity index (χ1) is 5.79. The van der Waals surface area contributed by atoms with Crippen molar-refractivity contribution in [3.05, 3.63) is 24.3 Å². The fraction of sp³-hybridized carbons (Fsp3) is 0.111. The molecule has 0 spiro atoms. The Bertz CT molecular complexity index is 406. The smallest absolute Gasteiger partial charge is 0.191 e. The average molecular weight is 163 g/mol. The molecule has 1 aromatic carbocycles. The Kier molecular flexibility index (Phi) is 1.43. The van der Waals surface area contributed by atoms with Gasteiger partial charge in [-0.15, -0.1) is 0 Å². The Morgan fingerprint density at radius 3 is 2.92 bits per heavy atom. The molecule has 0 aliphatic heterocycles. The number of furan rings is 1. The van der Waals surface area contributed by atoms with Crippen molar-refractivity contribution >= 4 is 16.9 Å². The van der Waals surface area contributed by atoms with Gasteiger partial charge in [-0.1, -0.05) is 0 Å². The summed E-state index contributed by atoms with van der Waals surface area (Å²) in [5, 5.41) is 0.965. The fourth-order valence-electron chi connectivity index (χ4n) is 1.17. The van der Waals surface area contributed by atoms with E-state index >= 15 is 0 Å². The van der Waals surface area contributed by atoms with E-state index in [1.165, 1.54) is 0 Å². The van der Waals surface area contributed by atoms with Gasteiger partial charge in [-0.2, -0.15) is 0 Å². The summed E-state index contributed by atoms with van der Waals surface area (Å²) in [6, 6.07) is 7.34. The second kappa shape index (κ2) is 2.44. The van der Waals surface area contributed by atoms with Crippen molar-refractivity contribution in [2.75, 3.05) is 12.8 Å². The second-order valence-corrected chi connectivity index (χ2v) is 2.55. The van der Waals surface area contributed by atoms with Crippen LogP contribution < -0.4 is 10.5 Å². The maximum absolute atomic E-state index is 5.47. The molecule has 2 aromatic rings. The van der Waals surface area contributed by atoms with Crippen molar-refractivity contribution in [2.45, 2.75) is 0 Å². The van der Waals surface area contributed by atoms with Crippen LogP contribution in [0.15, 0.2) is 28.7 Å². The van der Waals surface area contributed by atoms with Gasteiger partial charge in [0.15, 0.2) is 5.88 Å². The van der Waals surface area contributed by atoms with E-state index in [1.54, 1.807) is 13.2 Å². The standard InChI is InChI=1S/C9H9NO2/c1-11-7-2-3-8-6(4-7)5-9(10)12-8/h2-5H,10H2,1H3. The zero-order valence-electron chi connectivity index (χ0n) is 6.70. The second-order valence-electron chi connectivity index (χ2n) is 2.55. The predicted octanol–water partition coefficient (Wildman–Crippen LogP) is 2.02. The van der Waals surface area contributed by atoms with E-state index in [1.807, 2.05) is 18.2 Å². The molecule has 2 N–H and O–H groups in total. The minimum atomic E-state index is 0.429. The third-order valence-corrected chi connectivity index (χ3v) is 1.74. The number of hydrogen-bond acceptors (Lipinski definition) is 3. The number of methoxy groups -OCH3 is 1. The molecule has 0 bridgehead atoms. The van der Waals surface area contributed by atoms with Crippen molar-refractivity contribution in [1.82, 2.24) is 0 Å². The van der Waals surface area contributed by atoms with Gasteiger partial charge in [0.05, 0.1) is 7.11 Å². The van der Waals surface area contributed by atoms with Crippen LogP contribution >= 0.6 is 0 Å². The third-order valence-electron chi connectivity index (χ3n) is 1.74. The van der Waals surface area contributed by atoms with Gasteiger partial charge >= 0.3 is 0 Å². The molecule has 0 aliphatic rings. The van der Waals surface area contributed by atoms with E-state index in [4.69, 9.17) is 14.9 Å². The topological polar surface area (TPSA) is 48.4 Å². The van der Waals surface area contributed by atoms with E-state index in [0.717, 1.165) is 16.7 Å². The summed E-state index contributed by atoms with van der Waals surface area (Å²) in [4.78, 5) is 0. The van der Waals surface area contributed by atoms with E-state index in [9.17, 15) is 0 Å². The molecule has 1 aromatic heterocycles. The molecular weight excluding hydrogens is 154 g/mol. The number of ether oxygens (including phenoxy) is 1. The summed E-state index contributed by atoms with van der Waals surface area (Å²) in [6.07, 6.45) is 0. The molecule has 0 unspecified atom stereocenters. The van der Waals surface area contributed by atoms with Crippen molar-refractivity contribution in [3.8, 4) is 5.75 Å². The van der Waals surface area contributed by atoms with Crippen LogP contribution in [0.25, 0.3) is 11.0 Å². The summed E-state index contributed by atoms with van der Waals surface area (Å²) in [5.41, 5.74) is 6.26. The molecule has 0 fully saturated rings. The quantitative estimate of drug-likeness (QED) is 0.699. The summed E-state index contributed by atoms with van der Waals surface area (Å²) in [7, 11) is 1.63. The highest BCUT2D eigenvalue weighted by atomic mass is 16.5. The minimum Gasteiger partial charge on any atom is -0.497 e. The summed E-state index contributed by atoms with van der Waals surface area (Å²) >= 11 is 0. The first-order valence-electron chi connectivity index (χ1n) is 3.62.